The van der Waals surface area contributed by atoms with Gasteiger partial charge in [-0.3, -0.25) is 4.79 Å². The van der Waals surface area contributed by atoms with Gasteiger partial charge in [-0.2, -0.15) is 0 Å². The number of benzene rings is 1. The van der Waals surface area contributed by atoms with Crippen molar-refractivity contribution in [3.05, 3.63) is 35.9 Å². The Morgan fingerprint density at radius 3 is 2.36 bits per heavy atom. The van der Waals surface area contributed by atoms with Gasteiger partial charge in [0, 0.05) is 7.11 Å². The lowest BCUT2D eigenvalue weighted by molar-refractivity contribution is -0.148. The SMILES string of the molecule is COCOC[C@@H](NC(=O)OCc1ccccc1)C(C(=O)O)C(C)(C)C. The van der Waals surface area contributed by atoms with Crippen molar-refractivity contribution in [2.45, 2.75) is 33.4 Å². The number of carbonyl (C=O) groups is 2. The van der Waals surface area contributed by atoms with Crippen LogP contribution in [-0.2, 0) is 25.6 Å². The number of methoxy groups -OCH3 is 1. The average molecular weight is 353 g/mol. The molecule has 1 amide bonds. The first-order valence-corrected chi connectivity index (χ1v) is 8.02. The summed E-state index contributed by atoms with van der Waals surface area (Å²) in [5.41, 5.74) is 0.259. The number of ether oxygens (including phenoxy) is 3. The quantitative estimate of drug-likeness (QED) is 0.524. The summed E-state index contributed by atoms with van der Waals surface area (Å²) in [7, 11) is 1.47. The van der Waals surface area contributed by atoms with Crippen LogP contribution in [0.3, 0.4) is 0 Å². The number of carboxylic acids is 1. The molecule has 0 spiro atoms. The van der Waals surface area contributed by atoms with E-state index >= 15 is 0 Å². The van der Waals surface area contributed by atoms with Crippen LogP contribution in [-0.4, -0.2) is 43.7 Å². The first-order chi connectivity index (χ1) is 11.8. The molecule has 1 aromatic rings. The summed E-state index contributed by atoms with van der Waals surface area (Å²) in [6.45, 7) is 5.51. The zero-order valence-corrected chi connectivity index (χ0v) is 15.2. The van der Waals surface area contributed by atoms with E-state index in [4.69, 9.17) is 14.2 Å². The maximum atomic E-state index is 12.1. The van der Waals surface area contributed by atoms with Crippen LogP contribution in [0.25, 0.3) is 0 Å². The Bertz CT molecular complexity index is 540. The van der Waals surface area contributed by atoms with Crippen molar-refractivity contribution in [2.24, 2.45) is 11.3 Å². The molecule has 1 aromatic carbocycles. The molecule has 0 radical (unpaired) electrons. The number of hydrogen-bond donors (Lipinski definition) is 2. The van der Waals surface area contributed by atoms with E-state index in [1.54, 1.807) is 20.8 Å². The normalized spacial score (nSPS) is 13.8. The predicted molar refractivity (Wildman–Crippen MR) is 92.0 cm³/mol. The third kappa shape index (κ3) is 7.53. The highest BCUT2D eigenvalue weighted by Gasteiger charge is 2.39. The van der Waals surface area contributed by atoms with E-state index in [-0.39, 0.29) is 20.0 Å². The van der Waals surface area contributed by atoms with E-state index in [1.165, 1.54) is 7.11 Å². The van der Waals surface area contributed by atoms with Crippen molar-refractivity contribution in [3.63, 3.8) is 0 Å². The van der Waals surface area contributed by atoms with Gasteiger partial charge in [0.25, 0.3) is 0 Å². The van der Waals surface area contributed by atoms with E-state index in [0.29, 0.717) is 0 Å². The number of alkyl carbamates (subject to hydrolysis) is 1. The molecule has 1 unspecified atom stereocenters. The molecule has 25 heavy (non-hydrogen) atoms. The minimum absolute atomic E-state index is 0.00249. The van der Waals surface area contributed by atoms with Crippen molar-refractivity contribution < 1.29 is 28.9 Å². The van der Waals surface area contributed by atoms with Gasteiger partial charge in [0.05, 0.1) is 18.6 Å². The number of nitrogens with one attached hydrogen (secondary N) is 1. The van der Waals surface area contributed by atoms with E-state index in [2.05, 4.69) is 5.32 Å². The fourth-order valence-electron chi connectivity index (χ4n) is 2.54. The minimum atomic E-state index is -1.01. The Balaban J connectivity index is 2.74. The van der Waals surface area contributed by atoms with Gasteiger partial charge in [0.1, 0.15) is 13.4 Å². The van der Waals surface area contributed by atoms with Gasteiger partial charge in [-0.25, -0.2) is 4.79 Å². The molecule has 2 atom stereocenters. The van der Waals surface area contributed by atoms with Crippen LogP contribution >= 0.6 is 0 Å². The Morgan fingerprint density at radius 2 is 1.84 bits per heavy atom. The van der Waals surface area contributed by atoms with E-state index < -0.39 is 29.4 Å². The number of hydrogen-bond acceptors (Lipinski definition) is 5. The second-order valence-electron chi connectivity index (χ2n) is 6.77. The zero-order valence-electron chi connectivity index (χ0n) is 15.2. The fraction of sp³-hybridized carbons (Fsp3) is 0.556. The molecule has 0 aliphatic heterocycles. The predicted octanol–water partition coefficient (Wildman–Crippen LogP) is 2.65. The van der Waals surface area contributed by atoms with E-state index in [0.717, 1.165) is 5.56 Å². The second kappa shape index (κ2) is 10.0. The monoisotopic (exact) mass is 353 g/mol. The smallest absolute Gasteiger partial charge is 0.407 e. The largest absolute Gasteiger partial charge is 0.481 e. The number of amides is 1. The van der Waals surface area contributed by atoms with Crippen LogP contribution in [0, 0.1) is 11.3 Å². The van der Waals surface area contributed by atoms with Crippen molar-refractivity contribution in [1.29, 1.82) is 0 Å². The summed E-state index contributed by atoms with van der Waals surface area (Å²) < 4.78 is 15.3. The molecule has 0 aliphatic rings. The van der Waals surface area contributed by atoms with Gasteiger partial charge in [0.15, 0.2) is 0 Å². The van der Waals surface area contributed by atoms with Crippen molar-refractivity contribution >= 4 is 12.1 Å². The number of rotatable bonds is 9. The van der Waals surface area contributed by atoms with Gasteiger partial charge in [0.2, 0.25) is 0 Å². The Hall–Kier alpha value is -2.12. The van der Waals surface area contributed by atoms with Gasteiger partial charge < -0.3 is 24.6 Å². The molecule has 0 bridgehead atoms. The molecule has 0 aliphatic carbocycles. The summed E-state index contributed by atoms with van der Waals surface area (Å²) in [5.74, 6) is -1.87. The van der Waals surface area contributed by atoms with Gasteiger partial charge in [-0.05, 0) is 11.0 Å². The molecule has 0 saturated heterocycles. The van der Waals surface area contributed by atoms with Crippen LogP contribution in [0.4, 0.5) is 4.79 Å². The molecular formula is C18H27NO6. The topological polar surface area (TPSA) is 94.1 Å². The lowest BCUT2D eigenvalue weighted by atomic mass is 9.76. The Kier molecular flexibility index (Phi) is 8.37. The maximum Gasteiger partial charge on any atom is 0.407 e. The number of carboxylic acid groups (broad SMARTS) is 1. The minimum Gasteiger partial charge on any atom is -0.481 e. The average Bonchev–Trinajstić information content (AvgIpc) is 2.52. The van der Waals surface area contributed by atoms with Crippen LogP contribution < -0.4 is 5.32 Å². The van der Waals surface area contributed by atoms with E-state index in [1.807, 2.05) is 30.3 Å². The van der Waals surface area contributed by atoms with E-state index in [9.17, 15) is 14.7 Å². The molecule has 1 rings (SSSR count). The van der Waals surface area contributed by atoms with Crippen LogP contribution in [0.2, 0.25) is 0 Å². The lowest BCUT2D eigenvalue weighted by Gasteiger charge is -2.33. The molecule has 0 heterocycles. The second-order valence-corrected chi connectivity index (χ2v) is 6.77. The number of aliphatic carboxylic acids is 1. The summed E-state index contributed by atoms with van der Waals surface area (Å²) in [4.78, 5) is 23.8. The fourth-order valence-corrected chi connectivity index (χ4v) is 2.54. The van der Waals surface area contributed by atoms with Crippen molar-refractivity contribution in [2.75, 3.05) is 20.5 Å². The zero-order chi connectivity index (χ0) is 18.9. The Morgan fingerprint density at radius 1 is 1.20 bits per heavy atom. The maximum absolute atomic E-state index is 12.1. The third-order valence-corrected chi connectivity index (χ3v) is 3.62. The highest BCUT2D eigenvalue weighted by atomic mass is 16.7. The highest BCUT2D eigenvalue weighted by molar-refractivity contribution is 5.74. The van der Waals surface area contributed by atoms with Gasteiger partial charge in [-0.15, -0.1) is 0 Å². The first-order valence-electron chi connectivity index (χ1n) is 8.02. The first kappa shape index (κ1) is 20.9. The highest BCUT2D eigenvalue weighted by Crippen LogP contribution is 2.29. The van der Waals surface area contributed by atoms with Crippen LogP contribution in [0.1, 0.15) is 26.3 Å². The number of carbonyl (C=O) groups excluding carboxylic acids is 1. The molecule has 0 aromatic heterocycles. The molecule has 140 valence electrons. The third-order valence-electron chi connectivity index (χ3n) is 3.62. The molecule has 0 fully saturated rings. The molecule has 0 saturated carbocycles. The van der Waals surface area contributed by atoms with Crippen molar-refractivity contribution in [3.8, 4) is 0 Å². The summed E-state index contributed by atoms with van der Waals surface area (Å²) >= 11 is 0. The van der Waals surface area contributed by atoms with Crippen molar-refractivity contribution in [1.82, 2.24) is 5.32 Å². The van der Waals surface area contributed by atoms with Crippen LogP contribution in [0.5, 0.6) is 0 Å². The summed E-state index contributed by atoms with van der Waals surface area (Å²) in [6, 6.07) is 8.48. The molecule has 7 nitrogen and oxygen atoms in total. The lowest BCUT2D eigenvalue weighted by Crippen LogP contribution is -2.51. The molecular weight excluding hydrogens is 326 g/mol. The Labute approximate surface area is 148 Å². The molecule has 2 N–H and O–H groups in total. The molecule has 7 heteroatoms. The summed E-state index contributed by atoms with van der Waals surface area (Å²) in [5, 5.41) is 12.2. The van der Waals surface area contributed by atoms with Gasteiger partial charge >= 0.3 is 12.1 Å². The van der Waals surface area contributed by atoms with Crippen LogP contribution in [0.15, 0.2) is 30.3 Å². The van der Waals surface area contributed by atoms with Gasteiger partial charge in [-0.1, -0.05) is 51.1 Å². The standard InChI is InChI=1S/C18H27NO6/c1-18(2,3)15(16(20)21)14(11-24-12-23-4)19-17(22)25-10-13-8-6-5-7-9-13/h5-9,14-15H,10-12H2,1-4H3,(H,19,22)(H,20,21)/t14-,15?/m1/s1. The summed E-state index contributed by atoms with van der Waals surface area (Å²) in [6.07, 6.45) is -0.689.